The van der Waals surface area contributed by atoms with E-state index in [9.17, 15) is 9.59 Å². The van der Waals surface area contributed by atoms with E-state index in [0.29, 0.717) is 22.2 Å². The van der Waals surface area contributed by atoms with Crippen LogP contribution in [0.4, 0.5) is 5.69 Å². The smallest absolute Gasteiger partial charge is 0.253 e. The van der Waals surface area contributed by atoms with Gasteiger partial charge in [0.1, 0.15) is 0 Å². The third-order valence-corrected chi connectivity index (χ3v) is 5.74. The highest BCUT2D eigenvalue weighted by atomic mass is 32.2. The van der Waals surface area contributed by atoms with Crippen LogP contribution < -0.4 is 5.32 Å². The van der Waals surface area contributed by atoms with E-state index in [0.717, 1.165) is 11.3 Å². The van der Waals surface area contributed by atoms with Gasteiger partial charge in [0.25, 0.3) is 5.91 Å². The van der Waals surface area contributed by atoms with Crippen LogP contribution in [0.15, 0.2) is 90.1 Å². The van der Waals surface area contributed by atoms with Gasteiger partial charge in [0.15, 0.2) is 11.0 Å². The molecule has 1 heterocycles. The van der Waals surface area contributed by atoms with Gasteiger partial charge in [-0.2, -0.15) is 0 Å². The number of rotatable bonds is 7. The molecule has 4 rings (SSSR count). The third-order valence-electron chi connectivity index (χ3n) is 4.81. The van der Waals surface area contributed by atoms with Gasteiger partial charge >= 0.3 is 0 Å². The number of aromatic nitrogens is 3. The van der Waals surface area contributed by atoms with Crippen molar-refractivity contribution in [1.29, 1.82) is 0 Å². The monoisotopic (exact) mass is 457 g/mol. The van der Waals surface area contributed by atoms with Gasteiger partial charge in [0.05, 0.1) is 5.75 Å². The highest BCUT2D eigenvalue weighted by Crippen LogP contribution is 2.28. The van der Waals surface area contributed by atoms with E-state index >= 15 is 0 Å². The van der Waals surface area contributed by atoms with Crippen molar-refractivity contribution >= 4 is 29.3 Å². The summed E-state index contributed by atoms with van der Waals surface area (Å²) in [4.78, 5) is 26.3. The van der Waals surface area contributed by atoms with Crippen molar-refractivity contribution in [3.8, 4) is 17.1 Å². The summed E-state index contributed by atoms with van der Waals surface area (Å²) in [5.41, 5.74) is 2.94. The van der Waals surface area contributed by atoms with E-state index in [2.05, 4.69) is 15.5 Å². The number of carbonyl (C=O) groups excluding carboxylic acids is 2. The minimum atomic E-state index is -0.196. The first-order valence-electron chi connectivity index (χ1n) is 10.3. The summed E-state index contributed by atoms with van der Waals surface area (Å²) in [5, 5.41) is 12.2. The number of nitrogens with one attached hydrogen (secondary N) is 1. The van der Waals surface area contributed by atoms with Crippen LogP contribution in [0.25, 0.3) is 17.1 Å². The molecule has 0 aliphatic heterocycles. The Hall–Kier alpha value is -3.91. The van der Waals surface area contributed by atoms with Crippen LogP contribution in [-0.2, 0) is 4.79 Å². The Morgan fingerprint density at radius 1 is 0.909 bits per heavy atom. The molecule has 0 aliphatic rings. The maximum Gasteiger partial charge on any atom is 0.253 e. The Bertz CT molecular complexity index is 1260. The highest BCUT2D eigenvalue weighted by Gasteiger charge is 2.17. The highest BCUT2D eigenvalue weighted by molar-refractivity contribution is 7.99. The standard InChI is InChI=1S/C25H23N5O2S/c1-29(2)24(32)19-12-9-13-20(16-19)26-22(31)17-33-25-28-27-23(18-10-5-3-6-11-18)30(25)21-14-7-4-8-15-21/h3-16H,17H2,1-2H3,(H,26,31). The summed E-state index contributed by atoms with van der Waals surface area (Å²) >= 11 is 1.30. The van der Waals surface area contributed by atoms with Crippen molar-refractivity contribution in [2.24, 2.45) is 0 Å². The lowest BCUT2D eigenvalue weighted by atomic mass is 10.2. The predicted octanol–water partition coefficient (Wildman–Crippen LogP) is 4.37. The molecule has 33 heavy (non-hydrogen) atoms. The molecule has 3 aromatic carbocycles. The zero-order chi connectivity index (χ0) is 23.2. The third kappa shape index (κ3) is 5.30. The summed E-state index contributed by atoms with van der Waals surface area (Å²) in [6, 6.07) is 26.5. The Labute approximate surface area is 196 Å². The summed E-state index contributed by atoms with van der Waals surface area (Å²) in [6.45, 7) is 0. The number of hydrogen-bond donors (Lipinski definition) is 1. The van der Waals surface area contributed by atoms with Crippen molar-refractivity contribution in [1.82, 2.24) is 19.7 Å². The molecule has 0 atom stereocenters. The second kappa shape index (κ2) is 10.1. The Morgan fingerprint density at radius 2 is 1.61 bits per heavy atom. The summed E-state index contributed by atoms with van der Waals surface area (Å²) in [6.07, 6.45) is 0. The van der Waals surface area contributed by atoms with Crippen LogP contribution in [0.3, 0.4) is 0 Å². The van der Waals surface area contributed by atoms with Crippen LogP contribution in [0.2, 0.25) is 0 Å². The molecule has 7 nitrogen and oxygen atoms in total. The summed E-state index contributed by atoms with van der Waals surface area (Å²) in [7, 11) is 3.38. The zero-order valence-electron chi connectivity index (χ0n) is 18.3. The lowest BCUT2D eigenvalue weighted by Crippen LogP contribution is -2.22. The average Bonchev–Trinajstić information content (AvgIpc) is 3.27. The topological polar surface area (TPSA) is 80.1 Å². The number of thioether (sulfide) groups is 1. The molecule has 1 N–H and O–H groups in total. The molecule has 0 bridgehead atoms. The van der Waals surface area contributed by atoms with Gasteiger partial charge in [-0.05, 0) is 30.3 Å². The van der Waals surface area contributed by atoms with E-state index in [4.69, 9.17) is 0 Å². The van der Waals surface area contributed by atoms with Gasteiger partial charge in [-0.25, -0.2) is 0 Å². The van der Waals surface area contributed by atoms with E-state index in [1.54, 1.807) is 38.4 Å². The van der Waals surface area contributed by atoms with Gasteiger partial charge < -0.3 is 10.2 Å². The van der Waals surface area contributed by atoms with Crippen molar-refractivity contribution < 1.29 is 9.59 Å². The van der Waals surface area contributed by atoms with Crippen LogP contribution in [0, 0.1) is 0 Å². The lowest BCUT2D eigenvalue weighted by molar-refractivity contribution is -0.113. The molecule has 0 spiro atoms. The Morgan fingerprint density at radius 3 is 2.30 bits per heavy atom. The minimum Gasteiger partial charge on any atom is -0.345 e. The SMILES string of the molecule is CN(C)C(=O)c1cccc(NC(=O)CSc2nnc(-c3ccccc3)n2-c2ccccc2)c1. The van der Waals surface area contributed by atoms with E-state index < -0.39 is 0 Å². The summed E-state index contributed by atoms with van der Waals surface area (Å²) < 4.78 is 1.95. The second-order valence-electron chi connectivity index (χ2n) is 7.46. The summed E-state index contributed by atoms with van der Waals surface area (Å²) in [5.74, 6) is 0.536. The second-order valence-corrected chi connectivity index (χ2v) is 8.40. The number of carbonyl (C=O) groups is 2. The minimum absolute atomic E-state index is 0.120. The molecule has 8 heteroatoms. The molecule has 0 saturated carbocycles. The van der Waals surface area contributed by atoms with Crippen LogP contribution in [-0.4, -0.2) is 51.3 Å². The fourth-order valence-electron chi connectivity index (χ4n) is 3.26. The van der Waals surface area contributed by atoms with E-state index in [1.165, 1.54) is 16.7 Å². The van der Waals surface area contributed by atoms with Crippen molar-refractivity contribution in [3.05, 3.63) is 90.5 Å². The molecular weight excluding hydrogens is 434 g/mol. The van der Waals surface area contributed by atoms with Crippen LogP contribution >= 0.6 is 11.8 Å². The number of para-hydroxylation sites is 1. The molecule has 2 amide bonds. The molecular formula is C25H23N5O2S. The van der Waals surface area contributed by atoms with Crippen LogP contribution in [0.5, 0.6) is 0 Å². The fraction of sp³-hybridized carbons (Fsp3) is 0.120. The molecule has 0 fully saturated rings. The fourth-order valence-corrected chi connectivity index (χ4v) is 4.01. The van der Waals surface area contributed by atoms with Gasteiger partial charge in [-0.1, -0.05) is 66.4 Å². The van der Waals surface area contributed by atoms with E-state index in [-0.39, 0.29) is 17.6 Å². The lowest BCUT2D eigenvalue weighted by Gasteiger charge is -2.12. The molecule has 0 saturated heterocycles. The number of hydrogen-bond acceptors (Lipinski definition) is 5. The normalized spacial score (nSPS) is 10.6. The van der Waals surface area contributed by atoms with Crippen LogP contribution in [0.1, 0.15) is 10.4 Å². The predicted molar refractivity (Wildman–Crippen MR) is 131 cm³/mol. The van der Waals surface area contributed by atoms with E-state index in [1.807, 2.05) is 65.2 Å². The maximum absolute atomic E-state index is 12.6. The number of anilines is 1. The Kier molecular flexibility index (Phi) is 6.85. The number of nitrogens with zero attached hydrogens (tertiary/aromatic N) is 4. The zero-order valence-corrected chi connectivity index (χ0v) is 19.1. The first-order chi connectivity index (χ1) is 16.0. The molecule has 0 radical (unpaired) electrons. The number of benzene rings is 3. The van der Waals surface area contributed by atoms with Crippen molar-refractivity contribution in [2.45, 2.75) is 5.16 Å². The molecule has 0 unspecified atom stereocenters. The van der Waals surface area contributed by atoms with Gasteiger partial charge in [-0.3, -0.25) is 14.2 Å². The molecule has 1 aromatic heterocycles. The van der Waals surface area contributed by atoms with Gasteiger partial charge in [0.2, 0.25) is 5.91 Å². The van der Waals surface area contributed by atoms with Gasteiger partial charge in [0, 0.05) is 36.6 Å². The molecule has 166 valence electrons. The Balaban J connectivity index is 1.52. The largest absolute Gasteiger partial charge is 0.345 e. The average molecular weight is 458 g/mol. The molecule has 4 aromatic rings. The number of amides is 2. The van der Waals surface area contributed by atoms with Crippen molar-refractivity contribution in [2.75, 3.05) is 25.2 Å². The van der Waals surface area contributed by atoms with Crippen molar-refractivity contribution in [3.63, 3.8) is 0 Å². The van der Waals surface area contributed by atoms with Gasteiger partial charge in [-0.15, -0.1) is 10.2 Å². The first-order valence-corrected chi connectivity index (χ1v) is 11.3. The molecule has 0 aliphatic carbocycles. The maximum atomic E-state index is 12.6. The first kappa shape index (κ1) is 22.3. The quantitative estimate of drug-likeness (QED) is 0.417.